The van der Waals surface area contributed by atoms with Gasteiger partial charge in [-0.2, -0.15) is 0 Å². The maximum Gasteiger partial charge on any atom is 0.320 e. The molecule has 0 aromatic carbocycles. The highest BCUT2D eigenvalue weighted by Gasteiger charge is 2.50. The van der Waals surface area contributed by atoms with E-state index < -0.39 is 23.7 Å². The normalized spacial score (nSPS) is 29.3. The van der Waals surface area contributed by atoms with Gasteiger partial charge < -0.3 is 35.2 Å². The number of ether oxygens (including phenoxy) is 2. The minimum atomic E-state index is -1.55. The quantitative estimate of drug-likeness (QED) is 0.243. The van der Waals surface area contributed by atoms with Crippen LogP contribution < -0.4 is 21.3 Å². The van der Waals surface area contributed by atoms with Gasteiger partial charge in [-0.25, -0.2) is 0 Å². The third kappa shape index (κ3) is 4.61. The van der Waals surface area contributed by atoms with Crippen LogP contribution in [0.4, 0.5) is 0 Å². The zero-order valence-electron chi connectivity index (χ0n) is 27.4. The van der Waals surface area contributed by atoms with Crippen LogP contribution >= 0.6 is 0 Å². The number of ketones is 1. The lowest BCUT2D eigenvalue weighted by molar-refractivity contribution is -0.142. The Bertz CT molecular complexity index is 1920. The van der Waals surface area contributed by atoms with Crippen LogP contribution in [-0.2, 0) is 25.5 Å². The Morgan fingerprint density at radius 1 is 1.09 bits per heavy atom. The lowest BCUT2D eigenvalue weighted by Gasteiger charge is -2.25. The molecule has 2 aromatic rings. The number of aliphatic hydroxyl groups is 1. The van der Waals surface area contributed by atoms with E-state index in [4.69, 9.17) is 9.47 Å². The number of esters is 2. The van der Waals surface area contributed by atoms with E-state index in [1.54, 1.807) is 12.2 Å². The molecule has 242 valence electrons. The number of aromatic amines is 2. The topological polar surface area (TPSA) is 146 Å². The fourth-order valence-corrected chi connectivity index (χ4v) is 7.83. The molecule has 3 aliphatic heterocycles. The summed E-state index contributed by atoms with van der Waals surface area (Å²) in [4.78, 5) is 46.9. The van der Waals surface area contributed by atoms with Crippen LogP contribution in [0.15, 0.2) is 41.3 Å². The van der Waals surface area contributed by atoms with Crippen molar-refractivity contribution < 1.29 is 29.0 Å². The molecule has 4 aliphatic rings. The number of allylic oxidation sites excluding steroid dienone is 2. The molecule has 1 saturated heterocycles. The van der Waals surface area contributed by atoms with Crippen LogP contribution in [0, 0.1) is 31.6 Å². The van der Waals surface area contributed by atoms with E-state index in [2.05, 4.69) is 41.0 Å². The highest BCUT2D eigenvalue weighted by molar-refractivity contribution is 6.19. The molecule has 5 N–H and O–H groups in total. The van der Waals surface area contributed by atoms with Crippen molar-refractivity contribution in [1.29, 1.82) is 0 Å². The second-order valence-electron chi connectivity index (χ2n) is 12.7. The van der Waals surface area contributed by atoms with E-state index in [0.29, 0.717) is 28.5 Å². The van der Waals surface area contributed by atoms with Crippen molar-refractivity contribution in [3.63, 3.8) is 0 Å². The van der Waals surface area contributed by atoms with Crippen LogP contribution in [-0.4, -0.2) is 58.8 Å². The number of methoxy groups -OCH3 is 2. The monoisotopic (exact) mass is 626 g/mol. The van der Waals surface area contributed by atoms with Gasteiger partial charge in [0.15, 0.2) is 11.5 Å². The number of nitrogens with one attached hydrogen (secondary N) is 4. The summed E-state index contributed by atoms with van der Waals surface area (Å²) in [5.41, 5.74) is 7.18. The largest absolute Gasteiger partial charge is 0.469 e. The Morgan fingerprint density at radius 2 is 1.83 bits per heavy atom. The van der Waals surface area contributed by atoms with E-state index in [0.717, 1.165) is 56.8 Å². The van der Waals surface area contributed by atoms with Crippen LogP contribution in [0.3, 0.4) is 0 Å². The van der Waals surface area contributed by atoms with E-state index in [-0.39, 0.29) is 30.0 Å². The first-order chi connectivity index (χ1) is 21.9. The Balaban J connectivity index is 1.69. The van der Waals surface area contributed by atoms with Crippen LogP contribution in [0.2, 0.25) is 0 Å². The van der Waals surface area contributed by atoms with E-state index in [9.17, 15) is 19.5 Å². The second kappa shape index (κ2) is 11.3. The number of rotatable bonds is 6. The standard InChI is InChI=1S/C36H42N4O6/c1-9-20-16(3)23-14-26-21(10-2)19(6)36(44,40-26)15-27-17(4)22(11-12-28(41)45-7)32(39-27)30-31(35(43)46-8)34(42)29-18(5)24(38-33(29)30)13-25(20)37-23/h10,13-15,17,22,31-32,37-40,44H,2,9,11-12H2,1,3-8H3/b24-13-,26-14-,27-15-/t17-,22-,31+,32?,36+/m0/s1. The fraction of sp³-hybridized carbons (Fsp3) is 0.417. The maximum atomic E-state index is 14.1. The molecule has 1 aliphatic carbocycles. The molecule has 10 heteroatoms. The molecular formula is C36H42N4O6. The number of carbonyl (C=O) groups is 3. The Morgan fingerprint density at radius 3 is 2.48 bits per heavy atom. The van der Waals surface area contributed by atoms with E-state index >= 15 is 0 Å². The van der Waals surface area contributed by atoms with Crippen molar-refractivity contribution in [3.8, 4) is 0 Å². The van der Waals surface area contributed by atoms with Crippen molar-refractivity contribution >= 4 is 35.4 Å². The van der Waals surface area contributed by atoms with Crippen molar-refractivity contribution in [3.05, 3.63) is 85.6 Å². The van der Waals surface area contributed by atoms with Crippen molar-refractivity contribution in [2.24, 2.45) is 17.8 Å². The Hall–Kier alpha value is -4.57. The molecule has 46 heavy (non-hydrogen) atoms. The van der Waals surface area contributed by atoms with E-state index in [1.807, 2.05) is 32.9 Å². The number of hydrogen-bond donors (Lipinski definition) is 5. The molecule has 5 heterocycles. The summed E-state index contributed by atoms with van der Waals surface area (Å²) in [5.74, 6) is -2.86. The van der Waals surface area contributed by atoms with Gasteiger partial charge in [0.1, 0.15) is 5.92 Å². The van der Waals surface area contributed by atoms with Gasteiger partial charge in [0.25, 0.3) is 0 Å². The van der Waals surface area contributed by atoms with Crippen molar-refractivity contribution in [1.82, 2.24) is 20.6 Å². The lowest BCUT2D eigenvalue weighted by Crippen LogP contribution is -2.41. The smallest absolute Gasteiger partial charge is 0.320 e. The SMILES string of the molecule is C=CC1=C(C)[C@]2(O)/C=C3\NC(C4=c5[nH]/c(c(C)c5C(=O)[C@@H]4C(=O)OC)=C\c4[nH]c(c(C)c4CC)/C=C/1N2)[C@@H](CCC(=O)OC)[C@@H]3C. The average molecular weight is 627 g/mol. The number of hydrogen-bond acceptors (Lipinski definition) is 8. The van der Waals surface area contributed by atoms with Gasteiger partial charge >= 0.3 is 11.9 Å². The zero-order valence-corrected chi connectivity index (χ0v) is 27.4. The average Bonchev–Trinajstić information content (AvgIpc) is 3.75. The van der Waals surface area contributed by atoms with Crippen LogP contribution in [0.25, 0.3) is 17.7 Å². The molecule has 8 bridgehead atoms. The summed E-state index contributed by atoms with van der Waals surface area (Å²) < 4.78 is 10.1. The van der Waals surface area contributed by atoms with Gasteiger partial charge in [0, 0.05) is 51.6 Å². The highest BCUT2D eigenvalue weighted by Crippen LogP contribution is 2.43. The molecule has 1 fully saturated rings. The number of Topliss-reactive ketones (excluding diaryl/α,β-unsaturated/α-hetero) is 1. The van der Waals surface area contributed by atoms with Gasteiger partial charge in [-0.1, -0.05) is 26.5 Å². The van der Waals surface area contributed by atoms with E-state index in [1.165, 1.54) is 14.2 Å². The molecule has 0 radical (unpaired) electrons. The van der Waals surface area contributed by atoms with Crippen LogP contribution in [0.5, 0.6) is 0 Å². The summed E-state index contributed by atoms with van der Waals surface area (Å²) in [6, 6.07) is -0.521. The third-order valence-corrected chi connectivity index (χ3v) is 10.5. The number of fused-ring (bicyclic) bond motifs is 8. The minimum absolute atomic E-state index is 0.153. The Kier molecular flexibility index (Phi) is 7.75. The molecule has 0 amide bonds. The molecule has 10 nitrogen and oxygen atoms in total. The molecule has 5 atom stereocenters. The number of H-pyrrole nitrogens is 2. The summed E-state index contributed by atoms with van der Waals surface area (Å²) in [6.07, 6.45) is 8.88. The summed E-state index contributed by atoms with van der Waals surface area (Å²) >= 11 is 0. The van der Waals surface area contributed by atoms with Gasteiger partial charge in [0.05, 0.1) is 25.6 Å². The molecular weight excluding hydrogens is 584 g/mol. The third-order valence-electron chi connectivity index (χ3n) is 10.5. The Labute approximate surface area is 268 Å². The second-order valence-corrected chi connectivity index (χ2v) is 12.7. The first kappa shape index (κ1) is 31.4. The van der Waals surface area contributed by atoms with Crippen LogP contribution in [0.1, 0.15) is 72.0 Å². The minimum Gasteiger partial charge on any atom is -0.469 e. The van der Waals surface area contributed by atoms with Crippen molar-refractivity contribution in [2.75, 3.05) is 14.2 Å². The molecule has 0 saturated carbocycles. The highest BCUT2D eigenvalue weighted by atomic mass is 16.5. The molecule has 1 unspecified atom stereocenters. The van der Waals surface area contributed by atoms with Gasteiger partial charge in [-0.15, -0.1) is 0 Å². The number of carbonyl (C=O) groups excluding carboxylic acids is 3. The summed E-state index contributed by atoms with van der Waals surface area (Å²) in [7, 11) is 2.64. The van der Waals surface area contributed by atoms with Gasteiger partial charge in [0.2, 0.25) is 0 Å². The lowest BCUT2D eigenvalue weighted by atomic mass is 9.80. The summed E-state index contributed by atoms with van der Waals surface area (Å²) in [5, 5.41) is 20.4. The fourth-order valence-electron chi connectivity index (χ4n) is 7.83. The van der Waals surface area contributed by atoms with Gasteiger partial charge in [-0.3, -0.25) is 14.4 Å². The molecule has 2 aromatic heterocycles. The predicted octanol–water partition coefficient (Wildman–Crippen LogP) is 2.70. The van der Waals surface area contributed by atoms with Gasteiger partial charge in [-0.05, 0) is 85.6 Å². The molecule has 0 spiro atoms. The first-order valence-electron chi connectivity index (χ1n) is 15.8. The summed E-state index contributed by atoms with van der Waals surface area (Å²) in [6.45, 7) is 14.0. The number of aromatic nitrogens is 2. The zero-order chi connectivity index (χ0) is 33.2. The first-order valence-corrected chi connectivity index (χ1v) is 15.8. The van der Waals surface area contributed by atoms with Crippen molar-refractivity contribution in [2.45, 2.75) is 65.6 Å². The predicted molar refractivity (Wildman–Crippen MR) is 174 cm³/mol. The maximum absolute atomic E-state index is 14.1. The molecule has 6 rings (SSSR count).